The van der Waals surface area contributed by atoms with Crippen LogP contribution in [-0.4, -0.2) is 70.9 Å². The van der Waals surface area contributed by atoms with Gasteiger partial charge in [0.15, 0.2) is 0 Å². The second-order valence-electron chi connectivity index (χ2n) is 0.808. The molecular weight excluding hydrogens is 774 g/mol. The van der Waals surface area contributed by atoms with Crippen LogP contribution in [0.1, 0.15) is 0 Å². The zero-order valence-corrected chi connectivity index (χ0v) is 17.4. The Balaban J connectivity index is -0.0000000230. The average molecular weight is 774 g/mol. The van der Waals surface area contributed by atoms with Crippen LogP contribution in [0.2, 0.25) is 0 Å². The summed E-state index contributed by atoms with van der Waals surface area (Å²) in [5.74, 6) is 0. The van der Waals surface area contributed by atoms with Gasteiger partial charge in [0.2, 0.25) is 0 Å². The molecule has 0 aliphatic carbocycles. The summed E-state index contributed by atoms with van der Waals surface area (Å²) in [5.41, 5.74) is 0. The third-order valence-corrected chi connectivity index (χ3v) is 0. The molecule has 0 saturated heterocycles. The van der Waals surface area contributed by atoms with Crippen molar-refractivity contribution in [1.82, 2.24) is 0 Å². The predicted octanol–water partition coefficient (Wildman–Crippen LogP) is -6.48. The Hall–Kier alpha value is 0.496. The Kier molecular flexibility index (Phi) is 76.2. The van der Waals surface area contributed by atoms with Crippen LogP contribution in [0.5, 0.6) is 0 Å². The molecule has 0 saturated carbocycles. The Morgan fingerprint density at radius 1 is 0.647 bits per heavy atom. The number of carbonyl (C=O) groups is 3. The average Bonchev–Trinajstić information content (AvgIpc) is 1.81. The maximum atomic E-state index is 8.33. The molecule has 0 heterocycles. The molecule has 14 heteroatoms. The number of hydrogen-bond acceptors (Lipinski definition) is 10. The van der Waals surface area contributed by atoms with Crippen molar-refractivity contribution in [1.29, 1.82) is 0 Å². The van der Waals surface area contributed by atoms with Crippen molar-refractivity contribution in [3.63, 3.8) is 0 Å². The van der Waals surface area contributed by atoms with Crippen LogP contribution in [0, 0.1) is 0 Å². The monoisotopic (exact) mass is 772 g/mol. The van der Waals surface area contributed by atoms with Gasteiger partial charge in [-0.2, -0.15) is 0 Å². The molecule has 0 N–H and O–H groups in total. The van der Waals surface area contributed by atoms with E-state index in [1.807, 2.05) is 0 Å². The summed E-state index contributed by atoms with van der Waals surface area (Å²) < 4.78 is 3.88. The van der Waals surface area contributed by atoms with E-state index in [4.69, 9.17) is 45.0 Å². The van der Waals surface area contributed by atoms with Gasteiger partial charge in [0.1, 0.15) is 32.5 Å². The molecule has 0 aromatic carbocycles. The maximum Gasteiger partial charge on any atom is 3.00 e. The SMILES string of the molecule is BrOBr.O=C([O-])[O-].O=C([O-])[O-].O=C([O-])[O-].[Bi+3].[Bi+3]. The van der Waals surface area contributed by atoms with Gasteiger partial charge in [0.25, 0.3) is 0 Å². The van der Waals surface area contributed by atoms with Gasteiger partial charge in [0, 0.05) is 0 Å². The molecule has 0 unspecified atom stereocenters. The minimum atomic E-state index is -2.33. The molecule has 0 aromatic rings. The fraction of sp³-hybridized carbons (Fsp3) is 0. The smallest absolute Gasteiger partial charge is 0.652 e. The Labute approximate surface area is 150 Å². The van der Waals surface area contributed by atoms with Gasteiger partial charge in [-0.25, -0.2) is 2.92 Å². The van der Waals surface area contributed by atoms with Crippen LogP contribution in [-0.2, 0) is 2.92 Å². The minimum Gasteiger partial charge on any atom is -0.652 e. The molecule has 0 bridgehead atoms. The maximum absolute atomic E-state index is 8.33. The molecule has 4 radical (unpaired) electrons. The van der Waals surface area contributed by atoms with Gasteiger partial charge in [0.05, 0.1) is 0 Å². The molecule has 0 aliphatic heterocycles. The van der Waals surface area contributed by atoms with Crippen molar-refractivity contribution in [3.05, 3.63) is 0 Å². The van der Waals surface area contributed by atoms with Crippen LogP contribution < -0.4 is 30.6 Å². The minimum absolute atomic E-state index is 0. The van der Waals surface area contributed by atoms with E-state index >= 15 is 0 Å². The number of halogens is 2. The summed E-state index contributed by atoms with van der Waals surface area (Å²) in [4.78, 5) is 25.0. The van der Waals surface area contributed by atoms with Crippen LogP contribution >= 0.6 is 32.5 Å². The molecule has 96 valence electrons. The topological polar surface area (TPSA) is 199 Å². The summed E-state index contributed by atoms with van der Waals surface area (Å²) in [5, 5.41) is 50.0. The summed E-state index contributed by atoms with van der Waals surface area (Å²) in [7, 11) is 0. The predicted molar refractivity (Wildman–Crippen MR) is 46.6 cm³/mol. The summed E-state index contributed by atoms with van der Waals surface area (Å²) in [6.45, 7) is 0. The van der Waals surface area contributed by atoms with Crippen LogP contribution in [0.4, 0.5) is 14.4 Å². The first kappa shape index (κ1) is 36.0. The largest absolute Gasteiger partial charge is 3.00 e. The third kappa shape index (κ3) is 14100. The quantitative estimate of drug-likeness (QED) is 0.214. The van der Waals surface area contributed by atoms with E-state index in [2.05, 4.69) is 35.4 Å². The second kappa shape index (κ2) is 36.0. The van der Waals surface area contributed by atoms with Gasteiger partial charge in [-0.3, -0.25) is 0 Å². The molecule has 0 spiro atoms. The van der Waals surface area contributed by atoms with E-state index < -0.39 is 18.5 Å². The molecule has 0 aromatic heterocycles. The number of rotatable bonds is 0. The molecule has 10 nitrogen and oxygen atoms in total. The Bertz CT molecular complexity index is 136. The molecule has 0 atom stereocenters. The van der Waals surface area contributed by atoms with Crippen molar-refractivity contribution in [2.75, 3.05) is 0 Å². The first-order chi connectivity index (χ1) is 6.61. The van der Waals surface area contributed by atoms with E-state index in [0.717, 1.165) is 0 Å². The fourth-order valence-corrected chi connectivity index (χ4v) is 0. The van der Waals surface area contributed by atoms with E-state index in [9.17, 15) is 0 Å². The zero-order valence-electron chi connectivity index (χ0n) is 7.23. The first-order valence-electron chi connectivity index (χ1n) is 2.15. The van der Waals surface area contributed by atoms with Crippen LogP contribution in [0.25, 0.3) is 0 Å². The molecular formula is C3Bi2Br2O10. The summed E-state index contributed by atoms with van der Waals surface area (Å²) >= 11 is 5.12. The summed E-state index contributed by atoms with van der Waals surface area (Å²) in [6, 6.07) is 0. The van der Waals surface area contributed by atoms with Gasteiger partial charge in [-0.15, -0.1) is 0 Å². The van der Waals surface area contributed by atoms with E-state index in [1.165, 1.54) is 0 Å². The van der Waals surface area contributed by atoms with Crippen LogP contribution in [0.3, 0.4) is 0 Å². The molecule has 0 fully saturated rings. The zero-order chi connectivity index (χ0) is 13.4. The molecule has 17 heavy (non-hydrogen) atoms. The van der Waals surface area contributed by atoms with Crippen molar-refractivity contribution in [3.8, 4) is 0 Å². The number of carbonyl (C=O) groups excluding carboxylic acids is 3. The second-order valence-corrected chi connectivity index (χ2v) is 2.32. The van der Waals surface area contributed by atoms with E-state index in [0.29, 0.717) is 0 Å². The van der Waals surface area contributed by atoms with Gasteiger partial charge in [-0.1, -0.05) is 0 Å². The van der Waals surface area contributed by atoms with Gasteiger partial charge in [-0.05, 0) is 18.5 Å². The van der Waals surface area contributed by atoms with Gasteiger partial charge >= 0.3 is 52.4 Å². The molecule has 0 rings (SSSR count). The number of carboxylic acid groups (broad SMARTS) is 6. The third-order valence-electron chi connectivity index (χ3n) is 0. The van der Waals surface area contributed by atoms with Crippen molar-refractivity contribution < 1.29 is 47.9 Å². The Morgan fingerprint density at radius 3 is 0.647 bits per heavy atom. The standard InChI is InChI=1S/3CH2O3.2Bi.Br2O/c3*2-1(3)4;;;1-3-2/h3*(H2,2,3,4);;;/q;;;2*+3;/p-6. The Morgan fingerprint density at radius 2 is 0.647 bits per heavy atom. The summed E-state index contributed by atoms with van der Waals surface area (Å²) in [6.07, 6.45) is -7.00. The molecule has 0 amide bonds. The normalized spacial score (nSPS) is 5.29. The number of hydrogen-bond donors (Lipinski definition) is 0. The van der Waals surface area contributed by atoms with Crippen molar-refractivity contribution in [2.45, 2.75) is 0 Å². The van der Waals surface area contributed by atoms with Crippen molar-refractivity contribution >= 4 is 103 Å². The fourth-order valence-electron chi connectivity index (χ4n) is 0. The van der Waals surface area contributed by atoms with Gasteiger partial charge < -0.3 is 45.0 Å². The van der Waals surface area contributed by atoms with Crippen LogP contribution in [0.15, 0.2) is 0 Å². The van der Waals surface area contributed by atoms with Crippen molar-refractivity contribution in [2.24, 2.45) is 0 Å². The van der Waals surface area contributed by atoms with E-state index in [-0.39, 0.29) is 52.4 Å². The van der Waals surface area contributed by atoms with E-state index in [1.54, 1.807) is 0 Å². The first-order valence-corrected chi connectivity index (χ1v) is 3.44. The molecule has 0 aliphatic rings.